The zero-order valence-corrected chi connectivity index (χ0v) is 20.5. The van der Waals surface area contributed by atoms with Gasteiger partial charge in [-0.1, -0.05) is 18.2 Å². The van der Waals surface area contributed by atoms with Crippen molar-refractivity contribution in [2.24, 2.45) is 4.99 Å². The number of carbonyl (C=O) groups excluding carboxylic acids is 1. The summed E-state index contributed by atoms with van der Waals surface area (Å²) in [6, 6.07) is 10.1. The Morgan fingerprint density at radius 2 is 1.81 bits per heavy atom. The Bertz CT molecular complexity index is 897. The van der Waals surface area contributed by atoms with Crippen LogP contribution in [0.15, 0.2) is 41.5 Å². The lowest BCUT2D eigenvalue weighted by molar-refractivity contribution is 0.0474. The maximum atomic E-state index is 12.0. The molecule has 0 bridgehead atoms. The van der Waals surface area contributed by atoms with Crippen molar-refractivity contribution >= 4 is 12.1 Å². The van der Waals surface area contributed by atoms with Crippen molar-refractivity contribution in [3.8, 4) is 5.69 Å². The first-order valence-electron chi connectivity index (χ1n) is 11.1. The van der Waals surface area contributed by atoms with E-state index in [9.17, 15) is 4.79 Å². The van der Waals surface area contributed by atoms with Gasteiger partial charge in [0, 0.05) is 26.3 Å². The van der Waals surface area contributed by atoms with Crippen LogP contribution in [0, 0.1) is 6.92 Å². The van der Waals surface area contributed by atoms with E-state index in [-0.39, 0.29) is 0 Å². The highest BCUT2D eigenvalue weighted by molar-refractivity contribution is 5.79. The van der Waals surface area contributed by atoms with E-state index >= 15 is 0 Å². The number of hydrogen-bond acceptors (Lipinski definition) is 4. The predicted octanol–water partition coefficient (Wildman–Crippen LogP) is 3.58. The van der Waals surface area contributed by atoms with Gasteiger partial charge in [0.1, 0.15) is 5.60 Å². The van der Waals surface area contributed by atoms with Gasteiger partial charge >= 0.3 is 6.09 Å². The van der Waals surface area contributed by atoms with E-state index < -0.39 is 17.2 Å². The van der Waals surface area contributed by atoms with Crippen molar-refractivity contribution in [1.82, 2.24) is 25.7 Å². The number of benzene rings is 1. The summed E-state index contributed by atoms with van der Waals surface area (Å²) in [7, 11) is 1.73. The molecule has 0 unspecified atom stereocenters. The summed E-state index contributed by atoms with van der Waals surface area (Å²) in [5.41, 5.74) is 2.32. The highest BCUT2D eigenvalue weighted by Crippen LogP contribution is 2.13. The number of aryl methyl sites for hydroxylation is 2. The lowest BCUT2D eigenvalue weighted by Gasteiger charge is -2.29. The van der Waals surface area contributed by atoms with Crippen LogP contribution in [0.5, 0.6) is 0 Å². The zero-order chi connectivity index (χ0) is 23.8. The second kappa shape index (κ2) is 11.0. The van der Waals surface area contributed by atoms with Gasteiger partial charge in [0.25, 0.3) is 0 Å². The van der Waals surface area contributed by atoms with Crippen LogP contribution in [0.4, 0.5) is 4.79 Å². The minimum Gasteiger partial charge on any atom is -0.444 e. The number of nitrogens with one attached hydrogen (secondary N) is 3. The van der Waals surface area contributed by atoms with Crippen LogP contribution in [0.1, 0.15) is 52.3 Å². The zero-order valence-electron chi connectivity index (χ0n) is 20.5. The molecule has 0 fully saturated rings. The number of guanidine groups is 1. The van der Waals surface area contributed by atoms with Crippen LogP contribution in [-0.2, 0) is 11.2 Å². The normalized spacial score (nSPS) is 12.4. The lowest BCUT2D eigenvalue weighted by Crippen LogP contribution is -2.54. The largest absolute Gasteiger partial charge is 0.444 e. The van der Waals surface area contributed by atoms with Crippen LogP contribution in [0.2, 0.25) is 0 Å². The van der Waals surface area contributed by atoms with Gasteiger partial charge in [-0.3, -0.25) is 4.99 Å². The third-order valence-electron chi connectivity index (χ3n) is 4.70. The molecule has 32 heavy (non-hydrogen) atoms. The van der Waals surface area contributed by atoms with Crippen molar-refractivity contribution in [3.05, 3.63) is 47.8 Å². The molecule has 0 aliphatic rings. The Morgan fingerprint density at radius 1 is 1.12 bits per heavy atom. The maximum Gasteiger partial charge on any atom is 0.408 e. The molecule has 2 rings (SSSR count). The standard InChI is InChI=1S/C24H38N6O2/c1-18-19(16-30(29-18)20-13-9-8-10-14-20)12-11-15-26-21(25-7)27-17-24(5,6)28-22(31)32-23(2,3)4/h8-10,13-14,16H,11-12,15,17H2,1-7H3,(H,28,31)(H2,25,26,27). The average Bonchev–Trinajstić information content (AvgIpc) is 3.07. The van der Waals surface area contributed by atoms with Gasteiger partial charge in [-0.2, -0.15) is 5.10 Å². The van der Waals surface area contributed by atoms with E-state index in [1.165, 1.54) is 5.56 Å². The third kappa shape index (κ3) is 8.61. The van der Waals surface area contributed by atoms with Crippen LogP contribution >= 0.6 is 0 Å². The van der Waals surface area contributed by atoms with E-state index in [4.69, 9.17) is 4.74 Å². The van der Waals surface area contributed by atoms with E-state index in [1.54, 1.807) is 7.05 Å². The summed E-state index contributed by atoms with van der Waals surface area (Å²) in [5.74, 6) is 0.695. The van der Waals surface area contributed by atoms with Gasteiger partial charge in [-0.15, -0.1) is 0 Å². The molecule has 0 saturated carbocycles. The second-order valence-corrected chi connectivity index (χ2v) is 9.49. The number of aliphatic imine (C=N–C) groups is 1. The van der Waals surface area contributed by atoms with Crippen LogP contribution in [-0.4, -0.2) is 53.1 Å². The quantitative estimate of drug-likeness (QED) is 0.330. The molecule has 8 heteroatoms. The van der Waals surface area contributed by atoms with Crippen molar-refractivity contribution in [1.29, 1.82) is 0 Å². The molecule has 8 nitrogen and oxygen atoms in total. The summed E-state index contributed by atoms with van der Waals surface area (Å²) < 4.78 is 7.27. The first-order valence-corrected chi connectivity index (χ1v) is 11.1. The van der Waals surface area contributed by atoms with Crippen molar-refractivity contribution in [2.75, 3.05) is 20.1 Å². The molecule has 0 spiro atoms. The van der Waals surface area contributed by atoms with Crippen LogP contribution in [0.25, 0.3) is 5.69 Å². The molecule has 3 N–H and O–H groups in total. The van der Waals surface area contributed by atoms with Gasteiger partial charge in [0.05, 0.1) is 16.9 Å². The molecule has 176 valence electrons. The summed E-state index contributed by atoms with van der Waals surface area (Å²) >= 11 is 0. The minimum absolute atomic E-state index is 0.432. The third-order valence-corrected chi connectivity index (χ3v) is 4.70. The molecule has 1 aromatic heterocycles. The Morgan fingerprint density at radius 3 is 2.44 bits per heavy atom. The summed E-state index contributed by atoms with van der Waals surface area (Å²) in [6.45, 7) is 12.7. The summed E-state index contributed by atoms with van der Waals surface area (Å²) in [6.07, 6.45) is 3.54. The number of ether oxygens (including phenoxy) is 1. The van der Waals surface area contributed by atoms with E-state index in [0.717, 1.165) is 30.8 Å². The molecule has 0 radical (unpaired) electrons. The van der Waals surface area contributed by atoms with Crippen molar-refractivity contribution in [3.63, 3.8) is 0 Å². The number of rotatable bonds is 8. The summed E-state index contributed by atoms with van der Waals surface area (Å²) in [4.78, 5) is 16.3. The molecule has 1 heterocycles. The van der Waals surface area contributed by atoms with Crippen molar-refractivity contribution in [2.45, 2.75) is 65.5 Å². The lowest BCUT2D eigenvalue weighted by atomic mass is 10.1. The fraction of sp³-hybridized carbons (Fsp3) is 0.542. The number of aromatic nitrogens is 2. The van der Waals surface area contributed by atoms with E-state index in [2.05, 4.69) is 32.2 Å². The first kappa shape index (κ1) is 25.2. The molecule has 1 aromatic carbocycles. The summed E-state index contributed by atoms with van der Waals surface area (Å²) in [5, 5.41) is 14.1. The minimum atomic E-state index is -0.527. The molecule has 1 amide bonds. The first-order chi connectivity index (χ1) is 15.0. The Hall–Kier alpha value is -3.03. The molecule has 0 atom stereocenters. The van der Waals surface area contributed by atoms with Gasteiger partial charge in [0.2, 0.25) is 0 Å². The number of amides is 1. The Labute approximate surface area is 191 Å². The number of carbonyl (C=O) groups is 1. The number of nitrogens with zero attached hydrogens (tertiary/aromatic N) is 3. The van der Waals surface area contributed by atoms with Crippen molar-refractivity contribution < 1.29 is 9.53 Å². The van der Waals surface area contributed by atoms with Gasteiger partial charge < -0.3 is 20.7 Å². The monoisotopic (exact) mass is 442 g/mol. The van der Waals surface area contributed by atoms with Crippen LogP contribution in [0.3, 0.4) is 0 Å². The number of hydrogen-bond donors (Lipinski definition) is 3. The molecule has 0 aliphatic heterocycles. The number of alkyl carbamates (subject to hydrolysis) is 1. The Kier molecular flexibility index (Phi) is 8.69. The highest BCUT2D eigenvalue weighted by Gasteiger charge is 2.24. The highest BCUT2D eigenvalue weighted by atomic mass is 16.6. The van der Waals surface area contributed by atoms with E-state index in [1.807, 2.05) is 76.6 Å². The predicted molar refractivity (Wildman–Crippen MR) is 129 cm³/mol. The van der Waals surface area contributed by atoms with Gasteiger partial charge in [-0.25, -0.2) is 9.48 Å². The average molecular weight is 443 g/mol. The molecule has 0 aliphatic carbocycles. The SMILES string of the molecule is CN=C(NCCCc1cn(-c2ccccc2)nc1C)NCC(C)(C)NC(=O)OC(C)(C)C. The Balaban J connectivity index is 1.76. The van der Waals surface area contributed by atoms with Gasteiger partial charge in [0.15, 0.2) is 5.96 Å². The van der Waals surface area contributed by atoms with Crippen LogP contribution < -0.4 is 16.0 Å². The second-order valence-electron chi connectivity index (χ2n) is 9.49. The van der Waals surface area contributed by atoms with Gasteiger partial charge in [-0.05, 0) is 72.1 Å². The molecule has 0 saturated heterocycles. The van der Waals surface area contributed by atoms with E-state index in [0.29, 0.717) is 12.5 Å². The molecule has 2 aromatic rings. The fourth-order valence-electron chi connectivity index (χ4n) is 3.09. The molecular weight excluding hydrogens is 404 g/mol. The fourth-order valence-corrected chi connectivity index (χ4v) is 3.09. The molecular formula is C24H38N6O2. The smallest absolute Gasteiger partial charge is 0.408 e. The number of para-hydroxylation sites is 1. The maximum absolute atomic E-state index is 12.0. The topological polar surface area (TPSA) is 92.6 Å².